The quantitative estimate of drug-likeness (QED) is 0.592. The van der Waals surface area contributed by atoms with Crippen molar-refractivity contribution in [1.29, 1.82) is 0 Å². The maximum absolute atomic E-state index is 12.6. The van der Waals surface area contributed by atoms with Gasteiger partial charge in [-0.05, 0) is 37.2 Å². The number of rotatable bonds is 3. The van der Waals surface area contributed by atoms with Crippen LogP contribution in [0.4, 0.5) is 0 Å². The molecule has 2 aliphatic carbocycles. The van der Waals surface area contributed by atoms with E-state index in [4.69, 9.17) is 0 Å². The van der Waals surface area contributed by atoms with Crippen molar-refractivity contribution in [2.45, 2.75) is 44.2 Å². The van der Waals surface area contributed by atoms with E-state index < -0.39 is 0 Å². The molecule has 2 aromatic heterocycles. The number of aromatic amines is 1. The van der Waals surface area contributed by atoms with Gasteiger partial charge < -0.3 is 10.6 Å². The predicted octanol–water partition coefficient (Wildman–Crippen LogP) is 1.32. The lowest BCUT2D eigenvalue weighted by Crippen LogP contribution is -2.55. The number of hydrogen-bond acceptors (Lipinski definition) is 5. The van der Waals surface area contributed by atoms with E-state index in [1.165, 1.54) is 0 Å². The predicted molar refractivity (Wildman–Crippen MR) is 112 cm³/mol. The topological polar surface area (TPSA) is 122 Å². The van der Waals surface area contributed by atoms with Crippen molar-refractivity contribution in [1.82, 2.24) is 30.6 Å². The summed E-state index contributed by atoms with van der Waals surface area (Å²) in [4.78, 5) is 36.5. The number of aromatic nitrogens is 4. The van der Waals surface area contributed by atoms with Crippen molar-refractivity contribution in [3.05, 3.63) is 57.8 Å². The Morgan fingerprint density at radius 3 is 2.68 bits per heavy atom. The molecule has 3 aromatic rings. The Bertz CT molecular complexity index is 1280. The number of amides is 2. The SMILES string of the molecule is O=C(N[C@H]1CC2(C1)C[C@H](c1n[nH]c(=O)c3ccccc31)C2)c1cc2n(n1)CCNC2=O. The fraction of sp³-hybridized carbons (Fsp3) is 0.409. The number of fused-ring (bicyclic) bond motifs is 2. The third kappa shape index (κ3) is 2.87. The first-order valence-corrected chi connectivity index (χ1v) is 10.7. The molecule has 0 radical (unpaired) electrons. The fourth-order valence-electron chi connectivity index (χ4n) is 5.55. The second-order valence-corrected chi connectivity index (χ2v) is 9.06. The molecule has 3 aliphatic rings. The van der Waals surface area contributed by atoms with Crippen LogP contribution in [0.15, 0.2) is 35.1 Å². The second-order valence-electron chi connectivity index (χ2n) is 9.06. The number of nitrogens with one attached hydrogen (secondary N) is 3. The summed E-state index contributed by atoms with van der Waals surface area (Å²) >= 11 is 0. The van der Waals surface area contributed by atoms with Crippen LogP contribution < -0.4 is 16.2 Å². The number of nitrogens with zero attached hydrogens (tertiary/aromatic N) is 3. The molecule has 3 heterocycles. The summed E-state index contributed by atoms with van der Waals surface area (Å²) < 4.78 is 1.59. The Morgan fingerprint density at radius 2 is 1.90 bits per heavy atom. The molecule has 2 fully saturated rings. The minimum Gasteiger partial charge on any atom is -0.349 e. The van der Waals surface area contributed by atoms with Crippen molar-refractivity contribution in [2.24, 2.45) is 5.41 Å². The van der Waals surface area contributed by atoms with Gasteiger partial charge in [-0.2, -0.15) is 10.2 Å². The van der Waals surface area contributed by atoms with Gasteiger partial charge in [0.05, 0.1) is 17.6 Å². The van der Waals surface area contributed by atoms with Crippen LogP contribution in [-0.2, 0) is 6.54 Å². The molecule has 31 heavy (non-hydrogen) atoms. The zero-order valence-electron chi connectivity index (χ0n) is 16.9. The van der Waals surface area contributed by atoms with Crippen LogP contribution in [-0.4, -0.2) is 44.4 Å². The second kappa shape index (κ2) is 6.50. The van der Waals surface area contributed by atoms with Crippen molar-refractivity contribution in [2.75, 3.05) is 6.54 Å². The Labute approximate surface area is 177 Å². The van der Waals surface area contributed by atoms with Crippen LogP contribution >= 0.6 is 0 Å². The molecule has 3 N–H and O–H groups in total. The van der Waals surface area contributed by atoms with E-state index >= 15 is 0 Å². The van der Waals surface area contributed by atoms with Gasteiger partial charge >= 0.3 is 0 Å². The molecule has 1 aromatic carbocycles. The van der Waals surface area contributed by atoms with Gasteiger partial charge in [-0.1, -0.05) is 18.2 Å². The molecular formula is C22H22N6O3. The number of carbonyl (C=O) groups is 2. The molecule has 2 amide bonds. The lowest BCUT2D eigenvalue weighted by molar-refractivity contribution is -0.0197. The molecule has 6 rings (SSSR count). The smallest absolute Gasteiger partial charge is 0.272 e. The lowest BCUT2D eigenvalue weighted by atomic mass is 9.49. The minimum absolute atomic E-state index is 0.126. The van der Waals surface area contributed by atoms with Gasteiger partial charge in [0.25, 0.3) is 17.4 Å². The Morgan fingerprint density at radius 1 is 1.13 bits per heavy atom. The van der Waals surface area contributed by atoms with Crippen molar-refractivity contribution >= 4 is 22.6 Å². The van der Waals surface area contributed by atoms with Crippen LogP contribution in [0, 0.1) is 5.41 Å². The molecule has 9 heteroatoms. The van der Waals surface area contributed by atoms with Gasteiger partial charge in [0.2, 0.25) is 0 Å². The molecule has 1 spiro atoms. The van der Waals surface area contributed by atoms with E-state index in [2.05, 4.69) is 25.9 Å². The standard InChI is InChI=1S/C22H22N6O3/c29-19-15-4-2-1-3-14(15)18(25-26-19)12-8-22(9-12)10-13(11-22)24-20(30)16-7-17-21(31)23-5-6-28(17)27-16/h1-4,7,12-13H,5-6,8-11H2,(H,23,31)(H,24,30)(H,26,29)/t12-,13-,22?. The molecule has 2 saturated carbocycles. The molecular weight excluding hydrogens is 396 g/mol. The van der Waals surface area contributed by atoms with E-state index in [1.54, 1.807) is 10.7 Å². The van der Waals surface area contributed by atoms with E-state index in [0.717, 1.165) is 36.8 Å². The molecule has 0 atom stereocenters. The van der Waals surface area contributed by atoms with Crippen LogP contribution in [0.5, 0.6) is 0 Å². The Kier molecular flexibility index (Phi) is 3.84. The van der Waals surface area contributed by atoms with Crippen LogP contribution in [0.2, 0.25) is 0 Å². The van der Waals surface area contributed by atoms with Crippen molar-refractivity contribution in [3.63, 3.8) is 0 Å². The Hall–Kier alpha value is -3.49. The largest absolute Gasteiger partial charge is 0.349 e. The number of hydrogen-bond donors (Lipinski definition) is 3. The highest BCUT2D eigenvalue weighted by molar-refractivity contribution is 5.98. The van der Waals surface area contributed by atoms with Gasteiger partial charge in [0, 0.05) is 30.0 Å². The minimum atomic E-state index is -0.223. The van der Waals surface area contributed by atoms with Crippen molar-refractivity contribution < 1.29 is 9.59 Å². The van der Waals surface area contributed by atoms with E-state index in [0.29, 0.717) is 35.8 Å². The van der Waals surface area contributed by atoms with Gasteiger partial charge in [-0.15, -0.1) is 0 Å². The lowest BCUT2D eigenvalue weighted by Gasteiger charge is -2.57. The zero-order chi connectivity index (χ0) is 21.2. The van der Waals surface area contributed by atoms with Crippen LogP contribution in [0.25, 0.3) is 10.8 Å². The summed E-state index contributed by atoms with van der Waals surface area (Å²) in [6.45, 7) is 1.11. The first kappa shape index (κ1) is 18.3. The number of carbonyl (C=O) groups excluding carboxylic acids is 2. The van der Waals surface area contributed by atoms with E-state index in [9.17, 15) is 14.4 Å². The van der Waals surface area contributed by atoms with Gasteiger partial charge in [0.1, 0.15) is 5.69 Å². The zero-order valence-corrected chi connectivity index (χ0v) is 16.9. The maximum atomic E-state index is 12.6. The average molecular weight is 418 g/mol. The molecule has 158 valence electrons. The summed E-state index contributed by atoms with van der Waals surface area (Å²) in [6, 6.07) is 9.29. The molecule has 9 nitrogen and oxygen atoms in total. The maximum Gasteiger partial charge on any atom is 0.272 e. The first-order chi connectivity index (χ1) is 15.0. The highest BCUT2D eigenvalue weighted by atomic mass is 16.2. The summed E-state index contributed by atoms with van der Waals surface area (Å²) in [5, 5.41) is 18.7. The molecule has 0 saturated heterocycles. The third-order valence-electron chi connectivity index (χ3n) is 7.02. The highest BCUT2D eigenvalue weighted by Crippen LogP contribution is 2.62. The summed E-state index contributed by atoms with van der Waals surface area (Å²) in [7, 11) is 0. The summed E-state index contributed by atoms with van der Waals surface area (Å²) in [6.07, 6.45) is 3.90. The Balaban J connectivity index is 1.09. The highest BCUT2D eigenvalue weighted by Gasteiger charge is 2.54. The van der Waals surface area contributed by atoms with Crippen LogP contribution in [0.3, 0.4) is 0 Å². The average Bonchev–Trinajstić information content (AvgIpc) is 3.16. The number of H-pyrrole nitrogens is 1. The monoisotopic (exact) mass is 418 g/mol. The van der Waals surface area contributed by atoms with Gasteiger partial charge in [-0.3, -0.25) is 19.1 Å². The normalized spacial score (nSPS) is 26.6. The first-order valence-electron chi connectivity index (χ1n) is 10.7. The van der Waals surface area contributed by atoms with E-state index in [1.807, 2.05) is 24.3 Å². The van der Waals surface area contributed by atoms with Crippen molar-refractivity contribution in [3.8, 4) is 0 Å². The van der Waals surface area contributed by atoms with Gasteiger partial charge in [-0.25, -0.2) is 5.10 Å². The summed E-state index contributed by atoms with van der Waals surface area (Å²) in [5.41, 5.74) is 1.79. The van der Waals surface area contributed by atoms with E-state index in [-0.39, 0.29) is 28.8 Å². The molecule has 0 unspecified atom stereocenters. The molecule has 0 bridgehead atoms. The summed E-state index contributed by atoms with van der Waals surface area (Å²) in [5.74, 6) is -0.0835. The van der Waals surface area contributed by atoms with Crippen LogP contribution in [0.1, 0.15) is 58.3 Å². The fourth-order valence-corrected chi connectivity index (χ4v) is 5.55. The van der Waals surface area contributed by atoms with Gasteiger partial charge in [0.15, 0.2) is 5.69 Å². The third-order valence-corrected chi connectivity index (χ3v) is 7.02. The number of benzene rings is 1. The molecule has 1 aliphatic heterocycles.